The quantitative estimate of drug-likeness (QED) is 0.590. The first-order valence-electron chi connectivity index (χ1n) is 9.94. The van der Waals surface area contributed by atoms with Crippen LogP contribution in [0.1, 0.15) is 18.1 Å². The van der Waals surface area contributed by atoms with Crippen molar-refractivity contribution in [3.63, 3.8) is 0 Å². The molecule has 34 heavy (non-hydrogen) atoms. The monoisotopic (exact) mass is 498 g/mol. The van der Waals surface area contributed by atoms with E-state index in [0.717, 1.165) is 12.1 Å². The Bertz CT molecular complexity index is 1250. The fourth-order valence-electron chi connectivity index (χ4n) is 2.99. The fraction of sp³-hybridized carbons (Fsp3) is 0.318. The number of hydrogen-bond acceptors (Lipinski definition) is 6. The first-order valence-corrected chi connectivity index (χ1v) is 11.4. The Morgan fingerprint density at radius 3 is 2.71 bits per heavy atom. The maximum Gasteiger partial charge on any atom is 0.416 e. The summed E-state index contributed by atoms with van der Waals surface area (Å²) in [5.74, 6) is 3.98. The molecule has 0 aromatic heterocycles. The number of benzene rings is 2. The predicted octanol–water partition coefficient (Wildman–Crippen LogP) is 3.18. The maximum absolute atomic E-state index is 13.2. The molecule has 3 rings (SSSR count). The number of carbonyl (C=O) groups is 1. The number of nitrogens with one attached hydrogen (secondary N) is 1. The highest BCUT2D eigenvalue weighted by Crippen LogP contribution is 2.35. The van der Waals surface area contributed by atoms with Crippen molar-refractivity contribution in [1.82, 2.24) is 0 Å². The Kier molecular flexibility index (Phi) is 7.28. The van der Waals surface area contributed by atoms with Gasteiger partial charge in [-0.05, 0) is 37.3 Å². The van der Waals surface area contributed by atoms with E-state index < -0.39 is 33.8 Å². The second-order valence-electron chi connectivity index (χ2n) is 7.36. The van der Waals surface area contributed by atoms with Gasteiger partial charge in [-0.25, -0.2) is 13.2 Å². The highest BCUT2D eigenvalue weighted by molar-refractivity contribution is 7.92. The summed E-state index contributed by atoms with van der Waals surface area (Å²) in [5, 5.41) is 8.81. The van der Waals surface area contributed by atoms with Crippen LogP contribution in [0.15, 0.2) is 41.3 Å². The van der Waals surface area contributed by atoms with E-state index >= 15 is 0 Å². The van der Waals surface area contributed by atoms with Crippen LogP contribution in [0.25, 0.3) is 0 Å². The summed E-state index contributed by atoms with van der Waals surface area (Å²) in [4.78, 5) is 12.5. The number of sulfonamides is 1. The molecule has 0 bridgehead atoms. The minimum atomic E-state index is -4.68. The highest BCUT2D eigenvalue weighted by Gasteiger charge is 2.31. The van der Waals surface area contributed by atoms with E-state index in [1.807, 2.05) is 11.9 Å². The molecule has 2 aromatic carbocycles. The lowest BCUT2D eigenvalue weighted by molar-refractivity contribution is -0.148. The number of aliphatic carboxylic acids is 1. The molecule has 182 valence electrons. The fourth-order valence-corrected chi connectivity index (χ4v) is 4.09. The summed E-state index contributed by atoms with van der Waals surface area (Å²) in [7, 11) is -2.36. The normalized spacial score (nSPS) is 14.3. The van der Waals surface area contributed by atoms with Crippen molar-refractivity contribution < 1.29 is 41.0 Å². The smallest absolute Gasteiger partial charge is 0.416 e. The van der Waals surface area contributed by atoms with Crippen molar-refractivity contribution in [2.45, 2.75) is 24.1 Å². The van der Waals surface area contributed by atoms with Gasteiger partial charge in [0.05, 0.1) is 28.4 Å². The molecular formula is C22H21F3N2O6S. The van der Waals surface area contributed by atoms with Crippen molar-refractivity contribution in [2.75, 3.05) is 36.4 Å². The molecule has 1 heterocycles. The first-order chi connectivity index (χ1) is 15.9. The van der Waals surface area contributed by atoms with E-state index in [1.165, 1.54) is 19.1 Å². The third-order valence-corrected chi connectivity index (χ3v) is 6.27. The van der Waals surface area contributed by atoms with Gasteiger partial charge in [-0.3, -0.25) is 4.72 Å². The average molecular weight is 498 g/mol. The van der Waals surface area contributed by atoms with E-state index in [4.69, 9.17) is 14.6 Å². The highest BCUT2D eigenvalue weighted by atomic mass is 32.2. The predicted molar refractivity (Wildman–Crippen MR) is 117 cm³/mol. The van der Waals surface area contributed by atoms with Gasteiger partial charge in [0.1, 0.15) is 19.0 Å². The van der Waals surface area contributed by atoms with Crippen molar-refractivity contribution in [3.05, 3.63) is 47.5 Å². The molecule has 2 aromatic rings. The molecule has 0 amide bonds. The number of hydrogen-bond donors (Lipinski definition) is 2. The summed E-state index contributed by atoms with van der Waals surface area (Å²) in [6.07, 6.45) is -5.84. The molecule has 1 aliphatic heterocycles. The zero-order valence-corrected chi connectivity index (χ0v) is 19.0. The van der Waals surface area contributed by atoms with Gasteiger partial charge < -0.3 is 19.5 Å². The molecule has 0 spiro atoms. The Morgan fingerprint density at radius 1 is 1.29 bits per heavy atom. The van der Waals surface area contributed by atoms with Gasteiger partial charge in [-0.2, -0.15) is 13.2 Å². The zero-order valence-electron chi connectivity index (χ0n) is 18.1. The first kappa shape index (κ1) is 25.2. The topological polar surface area (TPSA) is 105 Å². The average Bonchev–Trinajstić information content (AvgIpc) is 2.76. The van der Waals surface area contributed by atoms with Crippen LogP contribution in [-0.2, 0) is 25.7 Å². The number of nitrogens with zero attached hydrogens (tertiary/aromatic N) is 1. The Labute approximate surface area is 194 Å². The number of carboxylic acids is 1. The largest absolute Gasteiger partial charge is 0.490 e. The number of alkyl halides is 3. The maximum atomic E-state index is 13.2. The van der Waals surface area contributed by atoms with Gasteiger partial charge in [0, 0.05) is 18.7 Å². The van der Waals surface area contributed by atoms with Crippen molar-refractivity contribution in [2.24, 2.45) is 0 Å². The van der Waals surface area contributed by atoms with Gasteiger partial charge in [0.15, 0.2) is 6.10 Å². The van der Waals surface area contributed by atoms with Gasteiger partial charge in [-0.15, -0.1) is 0 Å². The molecule has 0 aliphatic carbocycles. The van der Waals surface area contributed by atoms with Crippen molar-refractivity contribution in [3.8, 4) is 17.6 Å². The van der Waals surface area contributed by atoms with Crippen LogP contribution in [0.4, 0.5) is 24.5 Å². The van der Waals surface area contributed by atoms with E-state index in [-0.39, 0.29) is 22.8 Å². The minimum absolute atomic E-state index is 0.140. The number of likely N-dealkylation sites (N-methyl/N-ethyl adjacent to an activating group) is 1. The Hall–Kier alpha value is -3.43. The van der Waals surface area contributed by atoms with Gasteiger partial charge in [0.2, 0.25) is 0 Å². The van der Waals surface area contributed by atoms with Crippen LogP contribution < -0.4 is 14.4 Å². The minimum Gasteiger partial charge on any atom is -0.490 e. The van der Waals surface area contributed by atoms with Crippen LogP contribution in [0.2, 0.25) is 0 Å². The summed E-state index contributed by atoms with van der Waals surface area (Å²) in [6.45, 7) is 1.90. The Balaban J connectivity index is 1.91. The summed E-state index contributed by atoms with van der Waals surface area (Å²) in [5.41, 5.74) is -0.742. The van der Waals surface area contributed by atoms with Gasteiger partial charge >= 0.3 is 12.1 Å². The standard InChI is InChI=1S/C22H21F3N2O6S/c1-14(21(28)29)32-10-3-4-15-12-16(22(23,24)25)5-7-18(15)26-34(30,31)17-6-8-19-20(13-17)33-11-9-27(19)2/h5-8,12-14,26H,9-11H2,1-2H3,(H,28,29). The molecule has 1 aliphatic rings. The summed E-state index contributed by atoms with van der Waals surface area (Å²) >= 11 is 0. The molecule has 1 atom stereocenters. The molecule has 0 saturated carbocycles. The number of halogens is 3. The van der Waals surface area contributed by atoms with Gasteiger partial charge in [0.25, 0.3) is 10.0 Å². The number of ether oxygens (including phenoxy) is 2. The van der Waals surface area contributed by atoms with Crippen LogP contribution in [0.5, 0.6) is 5.75 Å². The van der Waals surface area contributed by atoms with Crippen LogP contribution >= 0.6 is 0 Å². The van der Waals surface area contributed by atoms with Gasteiger partial charge in [-0.1, -0.05) is 11.8 Å². The molecule has 12 heteroatoms. The number of fused-ring (bicyclic) bond motifs is 1. The SMILES string of the molecule is CC(OCC#Cc1cc(C(F)(F)F)ccc1NS(=O)(=O)c1ccc2c(c1)OCCN2C)C(=O)O. The Morgan fingerprint density at radius 2 is 2.03 bits per heavy atom. The van der Waals surface area contributed by atoms with E-state index in [0.29, 0.717) is 30.7 Å². The van der Waals surface area contributed by atoms with E-state index in [9.17, 15) is 26.4 Å². The van der Waals surface area contributed by atoms with Crippen molar-refractivity contribution >= 4 is 27.4 Å². The van der Waals surface area contributed by atoms with E-state index in [1.54, 1.807) is 6.07 Å². The van der Waals surface area contributed by atoms with Crippen molar-refractivity contribution in [1.29, 1.82) is 0 Å². The molecule has 1 unspecified atom stereocenters. The number of rotatable bonds is 6. The number of carboxylic acid groups (broad SMARTS) is 1. The lowest BCUT2D eigenvalue weighted by Crippen LogP contribution is -2.29. The lowest BCUT2D eigenvalue weighted by Gasteiger charge is -2.27. The summed E-state index contributed by atoms with van der Waals surface area (Å²) in [6, 6.07) is 6.69. The molecule has 0 fully saturated rings. The molecule has 2 N–H and O–H groups in total. The number of anilines is 2. The zero-order chi connectivity index (χ0) is 25.1. The van der Waals surface area contributed by atoms with Crippen LogP contribution in [0.3, 0.4) is 0 Å². The molecule has 0 radical (unpaired) electrons. The molecular weight excluding hydrogens is 477 g/mol. The van der Waals surface area contributed by atoms with Crippen LogP contribution in [0, 0.1) is 11.8 Å². The third kappa shape index (κ3) is 5.92. The lowest BCUT2D eigenvalue weighted by atomic mass is 10.1. The second kappa shape index (κ2) is 9.82. The van der Waals surface area contributed by atoms with E-state index in [2.05, 4.69) is 16.6 Å². The summed E-state index contributed by atoms with van der Waals surface area (Å²) < 4.78 is 78.2. The third-order valence-electron chi connectivity index (χ3n) is 4.90. The molecule has 0 saturated heterocycles. The van der Waals surface area contributed by atoms with Crippen LogP contribution in [-0.4, -0.2) is 52.4 Å². The molecule has 8 nitrogen and oxygen atoms in total. The second-order valence-corrected chi connectivity index (χ2v) is 9.04.